The zero-order valence-electron chi connectivity index (χ0n) is 7.76. The zero-order chi connectivity index (χ0) is 11.0. The highest BCUT2D eigenvalue weighted by Gasteiger charge is 2.33. The number of hydrogen-bond acceptors (Lipinski definition) is 1. The van der Waals surface area contributed by atoms with E-state index in [9.17, 15) is 13.2 Å². The first kappa shape index (κ1) is 10.8. The molecule has 1 saturated heterocycles. The van der Waals surface area contributed by atoms with E-state index in [-0.39, 0.29) is 18.5 Å². The second kappa shape index (κ2) is 4.02. The Labute approximate surface area is 90.6 Å². The van der Waals surface area contributed by atoms with Crippen molar-refractivity contribution in [2.24, 2.45) is 0 Å². The summed E-state index contributed by atoms with van der Waals surface area (Å²) < 4.78 is 40.4. The molecule has 0 spiro atoms. The van der Waals surface area contributed by atoms with Crippen LogP contribution in [-0.2, 0) is 0 Å². The molecule has 0 radical (unpaired) electrons. The second-order valence-corrected chi connectivity index (χ2v) is 4.03. The topological polar surface area (TPSA) is 3.24 Å². The first-order chi connectivity index (χ1) is 7.08. The summed E-state index contributed by atoms with van der Waals surface area (Å²) in [6.45, 7) is 0.0438. The predicted octanol–water partition coefficient (Wildman–Crippen LogP) is 3.20. The number of halogens is 4. The van der Waals surface area contributed by atoms with Crippen LogP contribution in [0.25, 0.3) is 0 Å². The summed E-state index contributed by atoms with van der Waals surface area (Å²) in [6.07, 6.45) is -0.987. The van der Waals surface area contributed by atoms with Gasteiger partial charge < -0.3 is 0 Å². The van der Waals surface area contributed by atoms with Gasteiger partial charge in [-0.15, -0.1) is 0 Å². The highest BCUT2D eigenvalue weighted by molar-refractivity contribution is 6.13. The smallest absolute Gasteiger partial charge is 0.128 e. The first-order valence-electron chi connectivity index (χ1n) is 4.59. The first-order valence-corrected chi connectivity index (χ1v) is 4.93. The molecule has 1 aromatic carbocycles. The summed E-state index contributed by atoms with van der Waals surface area (Å²) in [4.78, 5) is 0. The van der Waals surface area contributed by atoms with E-state index in [0.29, 0.717) is 0 Å². The number of nitrogens with zero attached hydrogens (tertiary/aromatic N) is 1. The average molecular weight is 236 g/mol. The minimum atomic E-state index is -1.09. The lowest BCUT2D eigenvalue weighted by molar-refractivity contribution is 0.347. The Morgan fingerprint density at radius 2 is 2.07 bits per heavy atom. The number of rotatable bonds is 1. The highest BCUT2D eigenvalue weighted by Crippen LogP contribution is 2.36. The molecule has 5 heteroatoms. The lowest BCUT2D eigenvalue weighted by Gasteiger charge is -2.16. The van der Waals surface area contributed by atoms with Gasteiger partial charge in [-0.05, 0) is 30.0 Å². The van der Waals surface area contributed by atoms with Crippen LogP contribution in [-0.4, -0.2) is 17.1 Å². The Hall–Kier alpha value is -0.740. The van der Waals surface area contributed by atoms with Crippen LogP contribution < -0.4 is 0 Å². The molecule has 1 aliphatic rings. The van der Waals surface area contributed by atoms with E-state index >= 15 is 0 Å². The van der Waals surface area contributed by atoms with Crippen LogP contribution in [0.5, 0.6) is 0 Å². The van der Waals surface area contributed by atoms with Gasteiger partial charge in [-0.1, -0.05) is 0 Å². The van der Waals surface area contributed by atoms with Crippen molar-refractivity contribution in [3.63, 3.8) is 0 Å². The van der Waals surface area contributed by atoms with Gasteiger partial charge in [0.05, 0.1) is 6.04 Å². The van der Waals surface area contributed by atoms with Gasteiger partial charge in [0, 0.05) is 18.5 Å². The molecule has 0 N–H and O–H groups in total. The maximum atomic E-state index is 13.3. The van der Waals surface area contributed by atoms with Crippen molar-refractivity contribution in [2.75, 3.05) is 6.54 Å². The predicted molar refractivity (Wildman–Crippen MR) is 51.2 cm³/mol. The molecule has 1 nitrogen and oxygen atoms in total. The van der Waals surface area contributed by atoms with Crippen molar-refractivity contribution >= 4 is 11.8 Å². The van der Waals surface area contributed by atoms with Crippen molar-refractivity contribution in [3.05, 3.63) is 35.4 Å². The lowest BCUT2D eigenvalue weighted by Crippen LogP contribution is -2.13. The normalized spacial score (nSPS) is 27.2. The fourth-order valence-electron chi connectivity index (χ4n) is 1.80. The SMILES string of the molecule is Fc1ccc(F)c([C@H]2C[C@H](F)CN2Cl)c1. The Kier molecular flexibility index (Phi) is 2.89. The number of alkyl halides is 1. The monoisotopic (exact) mass is 235 g/mol. The molecule has 2 rings (SSSR count). The molecule has 0 aromatic heterocycles. The van der Waals surface area contributed by atoms with Gasteiger partial charge in [0.2, 0.25) is 0 Å². The lowest BCUT2D eigenvalue weighted by atomic mass is 10.0. The van der Waals surface area contributed by atoms with Crippen LogP contribution in [0.15, 0.2) is 18.2 Å². The second-order valence-electron chi connectivity index (χ2n) is 3.60. The molecule has 2 atom stereocenters. The summed E-state index contributed by atoms with van der Waals surface area (Å²) >= 11 is 5.74. The van der Waals surface area contributed by atoms with Gasteiger partial charge in [-0.3, -0.25) is 0 Å². The zero-order valence-corrected chi connectivity index (χ0v) is 8.52. The molecule has 1 fully saturated rings. The summed E-state index contributed by atoms with van der Waals surface area (Å²) in [5, 5.41) is 0. The molecule has 15 heavy (non-hydrogen) atoms. The van der Waals surface area contributed by atoms with Crippen LogP contribution in [0.1, 0.15) is 18.0 Å². The maximum Gasteiger partial charge on any atom is 0.128 e. The van der Waals surface area contributed by atoms with E-state index < -0.39 is 23.8 Å². The molecule has 0 bridgehead atoms. The Bertz CT molecular complexity index is 372. The average Bonchev–Trinajstić information content (AvgIpc) is 2.50. The summed E-state index contributed by atoms with van der Waals surface area (Å²) in [6, 6.07) is 2.53. The molecule has 82 valence electrons. The third-order valence-electron chi connectivity index (χ3n) is 2.51. The van der Waals surface area contributed by atoms with Crippen LogP contribution >= 0.6 is 11.8 Å². The molecule has 0 aliphatic carbocycles. The highest BCUT2D eigenvalue weighted by atomic mass is 35.5. The minimum Gasteiger partial charge on any atom is -0.246 e. The quantitative estimate of drug-likeness (QED) is 0.676. The molecule has 0 saturated carbocycles. The summed E-state index contributed by atoms with van der Waals surface area (Å²) in [7, 11) is 0. The van der Waals surface area contributed by atoms with Crippen LogP contribution in [0, 0.1) is 11.6 Å². The molecule has 0 amide bonds. The Balaban J connectivity index is 2.32. The number of hydrogen-bond donors (Lipinski definition) is 0. The minimum absolute atomic E-state index is 0.0438. The van der Waals surface area contributed by atoms with Crippen molar-refractivity contribution in [3.8, 4) is 0 Å². The van der Waals surface area contributed by atoms with E-state index in [1.807, 2.05) is 0 Å². The van der Waals surface area contributed by atoms with Gasteiger partial charge in [-0.2, -0.15) is 0 Å². The fourth-order valence-corrected chi connectivity index (χ4v) is 2.13. The molecular formula is C10H9ClF3N. The van der Waals surface area contributed by atoms with E-state index in [2.05, 4.69) is 0 Å². The van der Waals surface area contributed by atoms with Gasteiger partial charge in [0.1, 0.15) is 17.8 Å². The van der Waals surface area contributed by atoms with Gasteiger partial charge in [0.15, 0.2) is 0 Å². The Morgan fingerprint density at radius 1 is 1.33 bits per heavy atom. The van der Waals surface area contributed by atoms with E-state index in [1.54, 1.807) is 0 Å². The summed E-state index contributed by atoms with van der Waals surface area (Å²) in [5.41, 5.74) is 0.116. The summed E-state index contributed by atoms with van der Waals surface area (Å²) in [5.74, 6) is -1.10. The maximum absolute atomic E-state index is 13.3. The molecular weight excluding hydrogens is 227 g/mol. The third-order valence-corrected chi connectivity index (χ3v) is 2.88. The third kappa shape index (κ3) is 2.11. The van der Waals surface area contributed by atoms with Gasteiger partial charge in [-0.25, -0.2) is 17.6 Å². The van der Waals surface area contributed by atoms with Gasteiger partial charge >= 0.3 is 0 Å². The molecule has 0 unspecified atom stereocenters. The van der Waals surface area contributed by atoms with Gasteiger partial charge in [0.25, 0.3) is 0 Å². The molecule has 1 heterocycles. The van der Waals surface area contributed by atoms with Crippen molar-refractivity contribution < 1.29 is 13.2 Å². The van der Waals surface area contributed by atoms with Crippen LogP contribution in [0.2, 0.25) is 0 Å². The van der Waals surface area contributed by atoms with Crippen LogP contribution in [0.4, 0.5) is 13.2 Å². The number of benzene rings is 1. The van der Waals surface area contributed by atoms with E-state index in [1.165, 1.54) is 4.42 Å². The van der Waals surface area contributed by atoms with Crippen molar-refractivity contribution in [1.82, 2.24) is 4.42 Å². The standard InChI is InChI=1S/C10H9ClF3N/c11-15-5-7(13)4-10(15)8-3-6(12)1-2-9(8)14/h1-3,7,10H,4-5H2/t7-,10+/m0/s1. The largest absolute Gasteiger partial charge is 0.246 e. The van der Waals surface area contributed by atoms with Crippen LogP contribution in [0.3, 0.4) is 0 Å². The fraction of sp³-hybridized carbons (Fsp3) is 0.400. The van der Waals surface area contributed by atoms with Crippen molar-refractivity contribution in [2.45, 2.75) is 18.6 Å². The molecule has 1 aromatic rings. The molecule has 1 aliphatic heterocycles. The van der Waals surface area contributed by atoms with E-state index in [4.69, 9.17) is 11.8 Å². The van der Waals surface area contributed by atoms with Crippen molar-refractivity contribution in [1.29, 1.82) is 0 Å². The van der Waals surface area contributed by atoms with E-state index in [0.717, 1.165) is 18.2 Å². The Morgan fingerprint density at radius 3 is 2.67 bits per heavy atom.